The molecule has 0 aliphatic heterocycles. The Morgan fingerprint density at radius 3 is 2.29 bits per heavy atom. The van der Waals surface area contributed by atoms with Crippen LogP contribution in [-0.2, 0) is 19.6 Å². The van der Waals surface area contributed by atoms with Gasteiger partial charge >= 0.3 is 11.9 Å². The number of nitrogens with one attached hydrogen (secondary N) is 1. The maximum absolute atomic E-state index is 13.6. The fourth-order valence-electron chi connectivity index (χ4n) is 1.39. The molecular weight excluding hydrogens is 380 g/mol. The standard InChI is InChI=1S/C10H8BrF2NO6S/c11-5-1-4(12)2-6(13)9(5)21(19,20)14-7(10(17)18)3-8(15)16/h1-2,7,14H,3H2,(H,15,16)(H,17,18)/t7-/m0/s1. The summed E-state index contributed by atoms with van der Waals surface area (Å²) in [4.78, 5) is 20.3. The van der Waals surface area contributed by atoms with Gasteiger partial charge in [-0.05, 0) is 22.0 Å². The molecule has 0 heterocycles. The Balaban J connectivity index is 3.23. The molecule has 7 nitrogen and oxygen atoms in total. The Labute approximate surface area is 125 Å². The van der Waals surface area contributed by atoms with Crippen molar-refractivity contribution in [1.82, 2.24) is 4.72 Å². The van der Waals surface area contributed by atoms with Gasteiger partial charge in [-0.15, -0.1) is 0 Å². The minimum atomic E-state index is -4.71. The van der Waals surface area contributed by atoms with Crippen molar-refractivity contribution in [1.29, 1.82) is 0 Å². The summed E-state index contributed by atoms with van der Waals surface area (Å²) in [7, 11) is -4.71. The van der Waals surface area contributed by atoms with Gasteiger partial charge in [-0.1, -0.05) is 0 Å². The molecule has 1 atom stereocenters. The number of rotatable bonds is 6. The van der Waals surface area contributed by atoms with Crippen molar-refractivity contribution in [3.63, 3.8) is 0 Å². The average Bonchev–Trinajstić information content (AvgIpc) is 2.24. The van der Waals surface area contributed by atoms with E-state index >= 15 is 0 Å². The summed E-state index contributed by atoms with van der Waals surface area (Å²) in [6, 6.07) is -1.03. The van der Waals surface area contributed by atoms with Crippen molar-refractivity contribution in [2.45, 2.75) is 17.4 Å². The molecule has 0 aliphatic rings. The van der Waals surface area contributed by atoms with Gasteiger partial charge in [-0.3, -0.25) is 9.59 Å². The molecule has 116 valence electrons. The Morgan fingerprint density at radius 2 is 1.86 bits per heavy atom. The van der Waals surface area contributed by atoms with Gasteiger partial charge in [0.2, 0.25) is 10.0 Å². The van der Waals surface area contributed by atoms with Crippen LogP contribution in [-0.4, -0.2) is 36.6 Å². The Bertz CT molecular complexity index is 670. The molecule has 0 saturated carbocycles. The molecule has 0 saturated heterocycles. The van der Waals surface area contributed by atoms with Crippen molar-refractivity contribution in [3.05, 3.63) is 28.2 Å². The largest absolute Gasteiger partial charge is 0.481 e. The van der Waals surface area contributed by atoms with Crippen LogP contribution in [0.25, 0.3) is 0 Å². The molecule has 11 heteroatoms. The number of halogens is 3. The zero-order valence-corrected chi connectivity index (χ0v) is 12.4. The molecule has 1 aromatic carbocycles. The SMILES string of the molecule is O=C(O)C[C@H](NS(=O)(=O)c1c(F)cc(F)cc1Br)C(=O)O. The third-order valence-corrected chi connectivity index (χ3v) is 4.64. The highest BCUT2D eigenvalue weighted by molar-refractivity contribution is 9.10. The fourth-order valence-corrected chi connectivity index (χ4v) is 3.74. The number of hydrogen-bond acceptors (Lipinski definition) is 4. The second kappa shape index (κ2) is 6.45. The second-order valence-electron chi connectivity index (χ2n) is 3.81. The third-order valence-electron chi connectivity index (χ3n) is 2.21. The van der Waals surface area contributed by atoms with Gasteiger partial charge in [0.25, 0.3) is 0 Å². The van der Waals surface area contributed by atoms with E-state index < -0.39 is 55.4 Å². The van der Waals surface area contributed by atoms with E-state index in [2.05, 4.69) is 15.9 Å². The van der Waals surface area contributed by atoms with Crippen molar-refractivity contribution in [2.24, 2.45) is 0 Å². The van der Waals surface area contributed by atoms with Crippen molar-refractivity contribution >= 4 is 37.9 Å². The number of carboxylic acid groups (broad SMARTS) is 2. The summed E-state index contributed by atoms with van der Waals surface area (Å²) >= 11 is 2.65. The highest BCUT2D eigenvalue weighted by atomic mass is 79.9. The fraction of sp³-hybridized carbons (Fsp3) is 0.200. The molecule has 1 rings (SSSR count). The van der Waals surface area contributed by atoms with E-state index in [1.807, 2.05) is 0 Å². The summed E-state index contributed by atoms with van der Waals surface area (Å²) < 4.78 is 51.4. The molecule has 0 aliphatic carbocycles. The van der Waals surface area contributed by atoms with E-state index in [0.29, 0.717) is 12.1 Å². The Kier molecular flexibility index (Phi) is 5.36. The van der Waals surface area contributed by atoms with Crippen LogP contribution >= 0.6 is 15.9 Å². The molecule has 0 radical (unpaired) electrons. The maximum Gasteiger partial charge on any atom is 0.322 e. The first-order chi connectivity index (χ1) is 9.54. The molecular formula is C10H8BrF2NO6S. The second-order valence-corrected chi connectivity index (χ2v) is 6.31. The Morgan fingerprint density at radius 1 is 1.29 bits per heavy atom. The molecule has 0 spiro atoms. The number of sulfonamides is 1. The molecule has 0 amide bonds. The van der Waals surface area contributed by atoms with E-state index in [4.69, 9.17) is 10.2 Å². The molecule has 0 fully saturated rings. The first-order valence-corrected chi connectivity index (χ1v) is 7.43. The zero-order chi connectivity index (χ0) is 16.4. The van der Waals surface area contributed by atoms with Crippen molar-refractivity contribution in [3.8, 4) is 0 Å². The summed E-state index contributed by atoms with van der Waals surface area (Å²) in [5, 5.41) is 17.3. The van der Waals surface area contributed by atoms with E-state index in [1.165, 1.54) is 0 Å². The topological polar surface area (TPSA) is 121 Å². The van der Waals surface area contributed by atoms with Gasteiger partial charge in [0.05, 0.1) is 6.42 Å². The van der Waals surface area contributed by atoms with Crippen LogP contribution in [0.3, 0.4) is 0 Å². The van der Waals surface area contributed by atoms with Gasteiger partial charge in [-0.2, -0.15) is 4.72 Å². The van der Waals surface area contributed by atoms with Crippen LogP contribution < -0.4 is 4.72 Å². The van der Waals surface area contributed by atoms with E-state index in [9.17, 15) is 26.8 Å². The van der Waals surface area contributed by atoms with Crippen LogP contribution in [0.4, 0.5) is 8.78 Å². The highest BCUT2D eigenvalue weighted by Gasteiger charge is 2.31. The van der Waals surface area contributed by atoms with E-state index in [-0.39, 0.29) is 0 Å². The van der Waals surface area contributed by atoms with Gasteiger partial charge in [0.15, 0.2) is 0 Å². The van der Waals surface area contributed by atoms with E-state index in [0.717, 1.165) is 0 Å². The van der Waals surface area contributed by atoms with Crippen molar-refractivity contribution < 1.29 is 37.0 Å². The first kappa shape index (κ1) is 17.5. The smallest absolute Gasteiger partial charge is 0.322 e. The quantitative estimate of drug-likeness (QED) is 0.667. The third kappa shape index (κ3) is 4.44. The lowest BCUT2D eigenvalue weighted by molar-refractivity contribution is -0.145. The minimum Gasteiger partial charge on any atom is -0.481 e. The first-order valence-electron chi connectivity index (χ1n) is 5.16. The van der Waals surface area contributed by atoms with Crippen LogP contribution in [0.2, 0.25) is 0 Å². The minimum absolute atomic E-state index is 0.298. The van der Waals surface area contributed by atoms with Crippen molar-refractivity contribution in [2.75, 3.05) is 0 Å². The Hall–Kier alpha value is -1.59. The van der Waals surface area contributed by atoms with Gasteiger partial charge in [0, 0.05) is 10.5 Å². The summed E-state index contributed by atoms with van der Waals surface area (Å²) in [5.41, 5.74) is 0. The normalized spacial score (nSPS) is 12.9. The molecule has 0 unspecified atom stereocenters. The van der Waals surface area contributed by atoms with Crippen LogP contribution in [0, 0.1) is 11.6 Å². The van der Waals surface area contributed by atoms with Gasteiger partial charge in [-0.25, -0.2) is 17.2 Å². The summed E-state index contributed by atoms with van der Waals surface area (Å²) in [6.45, 7) is 0. The zero-order valence-electron chi connectivity index (χ0n) is 10.0. The maximum atomic E-state index is 13.6. The number of hydrogen-bond donors (Lipinski definition) is 3. The molecule has 21 heavy (non-hydrogen) atoms. The molecule has 3 N–H and O–H groups in total. The monoisotopic (exact) mass is 387 g/mol. The lowest BCUT2D eigenvalue weighted by Gasteiger charge is -2.14. The van der Waals surface area contributed by atoms with Crippen LogP contribution in [0.15, 0.2) is 21.5 Å². The number of carboxylic acids is 2. The number of aliphatic carboxylic acids is 2. The predicted molar refractivity (Wildman–Crippen MR) is 68.1 cm³/mol. The molecule has 1 aromatic rings. The van der Waals surface area contributed by atoms with Gasteiger partial charge in [0.1, 0.15) is 22.6 Å². The van der Waals surface area contributed by atoms with Crippen LogP contribution in [0.1, 0.15) is 6.42 Å². The lowest BCUT2D eigenvalue weighted by Crippen LogP contribution is -2.42. The highest BCUT2D eigenvalue weighted by Crippen LogP contribution is 2.26. The average molecular weight is 388 g/mol. The van der Waals surface area contributed by atoms with E-state index in [1.54, 1.807) is 4.72 Å². The van der Waals surface area contributed by atoms with Gasteiger partial charge < -0.3 is 10.2 Å². The predicted octanol–water partition coefficient (Wildman–Crippen LogP) is 0.934. The number of benzene rings is 1. The summed E-state index contributed by atoms with van der Waals surface area (Å²) in [6.07, 6.45) is -1.05. The summed E-state index contributed by atoms with van der Waals surface area (Å²) in [5.74, 6) is -5.81. The number of carbonyl (C=O) groups is 2. The lowest BCUT2D eigenvalue weighted by atomic mass is 10.2. The van der Waals surface area contributed by atoms with Crippen LogP contribution in [0.5, 0.6) is 0 Å². The molecule has 0 aromatic heterocycles. The molecule has 0 bridgehead atoms.